The molecule has 0 saturated heterocycles. The van der Waals surface area contributed by atoms with E-state index in [2.05, 4.69) is 26.8 Å². The van der Waals surface area contributed by atoms with Crippen LogP contribution in [-0.2, 0) is 0 Å². The van der Waals surface area contributed by atoms with Crippen LogP contribution in [0.25, 0.3) is 33.4 Å². The summed E-state index contributed by atoms with van der Waals surface area (Å²) in [6, 6.07) is 17.5. The van der Waals surface area contributed by atoms with E-state index in [9.17, 15) is 4.79 Å². The van der Waals surface area contributed by atoms with Gasteiger partial charge in [-0.2, -0.15) is 11.3 Å². The highest BCUT2D eigenvalue weighted by Crippen LogP contribution is 2.25. The van der Waals surface area contributed by atoms with Gasteiger partial charge in [-0.1, -0.05) is 36.4 Å². The Labute approximate surface area is 130 Å². The van der Waals surface area contributed by atoms with Crippen molar-refractivity contribution in [3.63, 3.8) is 0 Å². The Hall–Kier alpha value is -2.72. The average molecular weight is 304 g/mol. The summed E-state index contributed by atoms with van der Waals surface area (Å²) in [5.74, 6) is 0.598. The quantitative estimate of drug-likeness (QED) is 0.599. The van der Waals surface area contributed by atoms with Crippen LogP contribution in [0, 0.1) is 0 Å². The Bertz CT molecular complexity index is 986. The molecule has 2 aromatic heterocycles. The third-order valence-corrected chi connectivity index (χ3v) is 4.31. The molecule has 0 unspecified atom stereocenters. The van der Waals surface area contributed by atoms with E-state index in [4.69, 9.17) is 0 Å². The summed E-state index contributed by atoms with van der Waals surface area (Å²) in [5.41, 5.74) is 3.87. The molecule has 0 radical (unpaired) electrons. The molecular formula is C18H12N2OS. The lowest BCUT2D eigenvalue weighted by molar-refractivity contribution is 1.18. The molecule has 22 heavy (non-hydrogen) atoms. The lowest BCUT2D eigenvalue weighted by Crippen LogP contribution is -2.09. The Balaban J connectivity index is 1.80. The fourth-order valence-electron chi connectivity index (χ4n) is 2.47. The molecular weight excluding hydrogens is 292 g/mol. The van der Waals surface area contributed by atoms with Crippen LogP contribution in [0.5, 0.6) is 0 Å². The molecule has 0 amide bonds. The maximum atomic E-state index is 12.1. The molecule has 0 aliphatic rings. The SMILES string of the molecule is O=c1[nH]c(-c2ccc(-c3ccsc3)cc2)nc2ccccc12. The van der Waals surface area contributed by atoms with Gasteiger partial charge in [0, 0.05) is 5.56 Å². The minimum absolute atomic E-state index is 0.109. The van der Waals surface area contributed by atoms with E-state index in [1.807, 2.05) is 42.5 Å². The maximum Gasteiger partial charge on any atom is 0.259 e. The summed E-state index contributed by atoms with van der Waals surface area (Å²) in [7, 11) is 0. The number of aromatic amines is 1. The summed E-state index contributed by atoms with van der Waals surface area (Å²) in [4.78, 5) is 19.5. The van der Waals surface area contributed by atoms with Gasteiger partial charge in [0.1, 0.15) is 5.82 Å². The van der Waals surface area contributed by atoms with Crippen molar-refractivity contribution in [3.8, 4) is 22.5 Å². The number of thiophene rings is 1. The third-order valence-electron chi connectivity index (χ3n) is 3.63. The first-order valence-corrected chi connectivity index (χ1v) is 7.87. The summed E-state index contributed by atoms with van der Waals surface area (Å²) >= 11 is 1.68. The fourth-order valence-corrected chi connectivity index (χ4v) is 3.14. The molecule has 106 valence electrons. The van der Waals surface area contributed by atoms with Crippen molar-refractivity contribution in [2.24, 2.45) is 0 Å². The van der Waals surface area contributed by atoms with Crippen molar-refractivity contribution in [3.05, 3.63) is 75.7 Å². The molecule has 0 atom stereocenters. The number of rotatable bonds is 2. The predicted octanol–water partition coefficient (Wildman–Crippen LogP) is 4.32. The summed E-state index contributed by atoms with van der Waals surface area (Å²) < 4.78 is 0. The van der Waals surface area contributed by atoms with Gasteiger partial charge in [0.05, 0.1) is 10.9 Å². The highest BCUT2D eigenvalue weighted by Gasteiger charge is 2.06. The van der Waals surface area contributed by atoms with Crippen molar-refractivity contribution >= 4 is 22.2 Å². The van der Waals surface area contributed by atoms with Crippen LogP contribution in [0.15, 0.2) is 70.2 Å². The van der Waals surface area contributed by atoms with E-state index in [1.54, 1.807) is 17.4 Å². The van der Waals surface area contributed by atoms with Gasteiger partial charge in [0.25, 0.3) is 5.56 Å². The molecule has 4 aromatic rings. The Morgan fingerprint density at radius 2 is 1.64 bits per heavy atom. The largest absolute Gasteiger partial charge is 0.306 e. The van der Waals surface area contributed by atoms with Crippen molar-refractivity contribution in [2.45, 2.75) is 0 Å². The summed E-state index contributed by atoms with van der Waals surface area (Å²) in [6.45, 7) is 0. The van der Waals surface area contributed by atoms with E-state index in [0.29, 0.717) is 16.7 Å². The number of hydrogen-bond donors (Lipinski definition) is 1. The van der Waals surface area contributed by atoms with Crippen molar-refractivity contribution in [1.82, 2.24) is 9.97 Å². The van der Waals surface area contributed by atoms with Gasteiger partial charge < -0.3 is 4.98 Å². The Kier molecular flexibility index (Phi) is 3.09. The van der Waals surface area contributed by atoms with Crippen LogP contribution in [0.2, 0.25) is 0 Å². The molecule has 0 saturated carbocycles. The van der Waals surface area contributed by atoms with Gasteiger partial charge in [0.2, 0.25) is 0 Å². The van der Waals surface area contributed by atoms with E-state index in [1.165, 1.54) is 5.56 Å². The second kappa shape index (κ2) is 5.24. The zero-order valence-corrected chi connectivity index (χ0v) is 12.4. The molecule has 0 aliphatic heterocycles. The number of nitrogens with zero attached hydrogens (tertiary/aromatic N) is 1. The van der Waals surface area contributed by atoms with Gasteiger partial charge in [-0.15, -0.1) is 0 Å². The number of aromatic nitrogens is 2. The van der Waals surface area contributed by atoms with Crippen LogP contribution in [0.1, 0.15) is 0 Å². The van der Waals surface area contributed by atoms with Crippen LogP contribution < -0.4 is 5.56 Å². The average Bonchev–Trinajstić information content (AvgIpc) is 3.09. The molecule has 2 heterocycles. The number of para-hydroxylation sites is 1. The fraction of sp³-hybridized carbons (Fsp3) is 0. The van der Waals surface area contributed by atoms with E-state index in [-0.39, 0.29) is 5.56 Å². The number of fused-ring (bicyclic) bond motifs is 1. The molecule has 1 N–H and O–H groups in total. The van der Waals surface area contributed by atoms with Crippen molar-refractivity contribution < 1.29 is 0 Å². The minimum atomic E-state index is -0.109. The summed E-state index contributed by atoms with van der Waals surface area (Å²) in [6.07, 6.45) is 0. The molecule has 2 aromatic carbocycles. The van der Waals surface area contributed by atoms with E-state index < -0.39 is 0 Å². The number of hydrogen-bond acceptors (Lipinski definition) is 3. The van der Waals surface area contributed by atoms with Gasteiger partial charge >= 0.3 is 0 Å². The monoisotopic (exact) mass is 304 g/mol. The second-order valence-electron chi connectivity index (χ2n) is 5.02. The molecule has 0 aliphatic carbocycles. The molecule has 0 fully saturated rings. The Morgan fingerprint density at radius 1 is 0.864 bits per heavy atom. The lowest BCUT2D eigenvalue weighted by Gasteiger charge is -2.04. The predicted molar refractivity (Wildman–Crippen MR) is 91.1 cm³/mol. The van der Waals surface area contributed by atoms with Crippen LogP contribution >= 0.6 is 11.3 Å². The van der Waals surface area contributed by atoms with Gasteiger partial charge in [-0.25, -0.2) is 4.98 Å². The second-order valence-corrected chi connectivity index (χ2v) is 5.80. The van der Waals surface area contributed by atoms with Gasteiger partial charge in [-0.3, -0.25) is 4.79 Å². The first-order chi connectivity index (χ1) is 10.8. The first-order valence-electron chi connectivity index (χ1n) is 6.93. The number of benzene rings is 2. The van der Waals surface area contributed by atoms with Crippen molar-refractivity contribution in [2.75, 3.05) is 0 Å². The highest BCUT2D eigenvalue weighted by atomic mass is 32.1. The molecule has 0 spiro atoms. The van der Waals surface area contributed by atoms with E-state index in [0.717, 1.165) is 11.1 Å². The van der Waals surface area contributed by atoms with Gasteiger partial charge in [-0.05, 0) is 40.1 Å². The smallest absolute Gasteiger partial charge is 0.259 e. The van der Waals surface area contributed by atoms with Crippen molar-refractivity contribution in [1.29, 1.82) is 0 Å². The lowest BCUT2D eigenvalue weighted by atomic mass is 10.1. The number of H-pyrrole nitrogens is 1. The van der Waals surface area contributed by atoms with E-state index >= 15 is 0 Å². The van der Waals surface area contributed by atoms with Crippen LogP contribution in [-0.4, -0.2) is 9.97 Å². The number of nitrogens with one attached hydrogen (secondary N) is 1. The maximum absolute atomic E-state index is 12.1. The molecule has 4 rings (SSSR count). The standard InChI is InChI=1S/C18H12N2OS/c21-18-15-3-1-2-4-16(15)19-17(20-18)13-7-5-12(6-8-13)14-9-10-22-11-14/h1-11H,(H,19,20,21). The topological polar surface area (TPSA) is 45.8 Å². The highest BCUT2D eigenvalue weighted by molar-refractivity contribution is 7.08. The normalized spacial score (nSPS) is 10.9. The zero-order chi connectivity index (χ0) is 14.9. The third kappa shape index (κ3) is 2.23. The summed E-state index contributed by atoms with van der Waals surface area (Å²) in [5, 5.41) is 4.79. The van der Waals surface area contributed by atoms with Crippen LogP contribution in [0.4, 0.5) is 0 Å². The van der Waals surface area contributed by atoms with Gasteiger partial charge in [0.15, 0.2) is 0 Å². The molecule has 3 nitrogen and oxygen atoms in total. The first kappa shape index (κ1) is 13.0. The minimum Gasteiger partial charge on any atom is -0.306 e. The zero-order valence-electron chi connectivity index (χ0n) is 11.6. The van der Waals surface area contributed by atoms with Crippen LogP contribution in [0.3, 0.4) is 0 Å². The Morgan fingerprint density at radius 3 is 2.41 bits per heavy atom. The molecule has 4 heteroatoms. The molecule has 0 bridgehead atoms.